The van der Waals surface area contributed by atoms with Gasteiger partial charge in [0.15, 0.2) is 11.5 Å². The minimum atomic E-state index is -0.444. The molecule has 31 heavy (non-hydrogen) atoms. The quantitative estimate of drug-likeness (QED) is 0.650. The van der Waals surface area contributed by atoms with Gasteiger partial charge in [0.25, 0.3) is 5.91 Å². The Morgan fingerprint density at radius 1 is 1.13 bits per heavy atom. The van der Waals surface area contributed by atoms with Gasteiger partial charge in [-0.1, -0.05) is 25.1 Å². The lowest BCUT2D eigenvalue weighted by Gasteiger charge is -2.18. The van der Waals surface area contributed by atoms with E-state index in [0.717, 1.165) is 22.9 Å². The highest BCUT2D eigenvalue weighted by atomic mass is 16.7. The molecule has 7 nitrogen and oxygen atoms in total. The van der Waals surface area contributed by atoms with Crippen LogP contribution in [0, 0.1) is 0 Å². The highest BCUT2D eigenvalue weighted by molar-refractivity contribution is 6.18. The first-order valence-electron chi connectivity index (χ1n) is 10.3. The van der Waals surface area contributed by atoms with Gasteiger partial charge in [-0.05, 0) is 42.7 Å². The number of aromatic nitrogens is 1. The molecule has 0 saturated heterocycles. The number of H-pyrrole nitrogens is 1. The van der Waals surface area contributed by atoms with Crippen LogP contribution in [0.25, 0.3) is 16.5 Å². The van der Waals surface area contributed by atoms with E-state index in [9.17, 15) is 9.59 Å². The lowest BCUT2D eigenvalue weighted by molar-refractivity contribution is -0.136. The minimum Gasteiger partial charge on any atom is -0.462 e. The summed E-state index contributed by atoms with van der Waals surface area (Å²) >= 11 is 0. The molecule has 0 atom stereocenters. The van der Waals surface area contributed by atoms with Crippen molar-refractivity contribution in [2.75, 3.05) is 19.9 Å². The molecule has 0 spiro atoms. The molecule has 3 heterocycles. The lowest BCUT2D eigenvalue weighted by atomic mass is 10.0. The van der Waals surface area contributed by atoms with Crippen LogP contribution in [-0.4, -0.2) is 41.7 Å². The van der Waals surface area contributed by atoms with E-state index < -0.39 is 5.97 Å². The number of para-hydroxylation sites is 1. The fraction of sp³-hybridized carbons (Fsp3) is 0.250. The minimum absolute atomic E-state index is 0.145. The van der Waals surface area contributed by atoms with Gasteiger partial charge in [0, 0.05) is 29.2 Å². The summed E-state index contributed by atoms with van der Waals surface area (Å²) in [5, 5.41) is 1.05. The largest absolute Gasteiger partial charge is 0.462 e. The number of amides is 1. The van der Waals surface area contributed by atoms with E-state index in [1.54, 1.807) is 29.3 Å². The molecule has 0 fully saturated rings. The summed E-state index contributed by atoms with van der Waals surface area (Å²) in [7, 11) is 0. The third-order valence-corrected chi connectivity index (χ3v) is 5.51. The number of hydrogen-bond acceptors (Lipinski definition) is 5. The monoisotopic (exact) mass is 418 g/mol. The lowest BCUT2D eigenvalue weighted by Crippen LogP contribution is -2.28. The maximum Gasteiger partial charge on any atom is 0.341 e. The van der Waals surface area contributed by atoms with Crippen molar-refractivity contribution in [1.82, 2.24) is 9.88 Å². The molecule has 1 N–H and O–H groups in total. The van der Waals surface area contributed by atoms with Crippen LogP contribution in [0.2, 0.25) is 0 Å². The Morgan fingerprint density at radius 3 is 2.84 bits per heavy atom. The number of hydrogen-bond donors (Lipinski definition) is 1. The standard InChI is InChI=1S/C24H22N2O5/c1-2-11-29-24(28)18-13-26(23(27)15-7-8-20-21(12-15)31-14-30-20)10-9-17-16-5-3-4-6-19(16)25-22(17)18/h3-8,12-13,25H,2,9-11,14H2,1H3. The molecule has 0 unspecified atom stereocenters. The Hall–Kier alpha value is -3.74. The van der Waals surface area contributed by atoms with Gasteiger partial charge in [-0.3, -0.25) is 4.79 Å². The van der Waals surface area contributed by atoms with E-state index in [4.69, 9.17) is 14.2 Å². The van der Waals surface area contributed by atoms with E-state index in [1.807, 2.05) is 31.2 Å². The molecule has 158 valence electrons. The van der Waals surface area contributed by atoms with Crippen LogP contribution in [0.4, 0.5) is 0 Å². The van der Waals surface area contributed by atoms with Crippen molar-refractivity contribution < 1.29 is 23.8 Å². The molecule has 0 radical (unpaired) electrons. The zero-order valence-corrected chi connectivity index (χ0v) is 17.1. The fourth-order valence-corrected chi connectivity index (χ4v) is 3.99. The molecule has 1 amide bonds. The van der Waals surface area contributed by atoms with Crippen LogP contribution in [-0.2, 0) is 16.0 Å². The fourth-order valence-electron chi connectivity index (χ4n) is 3.99. The zero-order chi connectivity index (χ0) is 21.4. The number of benzene rings is 2. The summed E-state index contributed by atoms with van der Waals surface area (Å²) in [5.74, 6) is 0.505. The molecule has 0 saturated carbocycles. The first-order valence-corrected chi connectivity index (χ1v) is 10.3. The van der Waals surface area contributed by atoms with Gasteiger partial charge in [0.05, 0.1) is 17.9 Å². The van der Waals surface area contributed by atoms with Crippen LogP contribution >= 0.6 is 0 Å². The maximum atomic E-state index is 13.3. The summed E-state index contributed by atoms with van der Waals surface area (Å²) in [6.07, 6.45) is 2.93. The van der Waals surface area contributed by atoms with Gasteiger partial charge in [-0.25, -0.2) is 4.79 Å². The van der Waals surface area contributed by atoms with Gasteiger partial charge in [0.1, 0.15) is 0 Å². The number of carbonyl (C=O) groups is 2. The van der Waals surface area contributed by atoms with E-state index in [0.29, 0.717) is 47.9 Å². The topological polar surface area (TPSA) is 80.9 Å². The number of nitrogens with zero attached hydrogens (tertiary/aromatic N) is 1. The molecule has 7 heteroatoms. The van der Waals surface area contributed by atoms with Gasteiger partial charge in [-0.15, -0.1) is 0 Å². The smallest absolute Gasteiger partial charge is 0.341 e. The number of rotatable bonds is 4. The van der Waals surface area contributed by atoms with Crippen LogP contribution in [0.5, 0.6) is 11.5 Å². The summed E-state index contributed by atoms with van der Waals surface area (Å²) in [5.41, 5.74) is 3.50. The summed E-state index contributed by atoms with van der Waals surface area (Å²) in [6, 6.07) is 13.0. The predicted molar refractivity (Wildman–Crippen MR) is 115 cm³/mol. The summed E-state index contributed by atoms with van der Waals surface area (Å²) < 4.78 is 16.2. The van der Waals surface area contributed by atoms with E-state index in [2.05, 4.69) is 4.98 Å². The average molecular weight is 418 g/mol. The second-order valence-corrected chi connectivity index (χ2v) is 7.52. The number of carbonyl (C=O) groups excluding carboxylic acids is 2. The summed E-state index contributed by atoms with van der Waals surface area (Å²) in [4.78, 5) is 31.1. The SMILES string of the molecule is CCCOC(=O)C1=CN(C(=O)c2ccc3c(c2)OCO3)CCc2c1[nH]c1ccccc21. The van der Waals surface area contributed by atoms with Crippen molar-refractivity contribution in [1.29, 1.82) is 0 Å². The third kappa shape index (κ3) is 3.42. The number of aromatic amines is 1. The molecule has 1 aromatic heterocycles. The third-order valence-electron chi connectivity index (χ3n) is 5.51. The first kappa shape index (κ1) is 19.2. The Kier molecular flexibility index (Phi) is 4.86. The second kappa shape index (κ2) is 7.83. The van der Waals surface area contributed by atoms with Crippen molar-refractivity contribution >= 4 is 28.4 Å². The van der Waals surface area contributed by atoms with E-state index in [1.165, 1.54) is 0 Å². The number of esters is 1. The van der Waals surface area contributed by atoms with Gasteiger partial charge >= 0.3 is 5.97 Å². The van der Waals surface area contributed by atoms with Crippen LogP contribution in [0.3, 0.4) is 0 Å². The van der Waals surface area contributed by atoms with Crippen LogP contribution in [0.1, 0.15) is 35.0 Å². The Bertz CT molecular complexity index is 1210. The van der Waals surface area contributed by atoms with Crippen molar-refractivity contribution in [3.63, 3.8) is 0 Å². The first-order chi connectivity index (χ1) is 15.2. The Balaban J connectivity index is 1.54. The maximum absolute atomic E-state index is 13.3. The normalized spacial score (nSPS) is 14.7. The molecular weight excluding hydrogens is 396 g/mol. The van der Waals surface area contributed by atoms with Gasteiger partial charge in [-0.2, -0.15) is 0 Å². The Labute approximate surface area is 179 Å². The van der Waals surface area contributed by atoms with Crippen molar-refractivity contribution in [2.24, 2.45) is 0 Å². The average Bonchev–Trinajstić information content (AvgIpc) is 3.36. The second-order valence-electron chi connectivity index (χ2n) is 7.52. The van der Waals surface area contributed by atoms with Gasteiger partial charge < -0.3 is 24.1 Å². The summed E-state index contributed by atoms with van der Waals surface area (Å²) in [6.45, 7) is 2.85. The van der Waals surface area contributed by atoms with Crippen molar-refractivity contribution in [2.45, 2.75) is 19.8 Å². The molecule has 2 aromatic carbocycles. The number of fused-ring (bicyclic) bond motifs is 4. The highest BCUT2D eigenvalue weighted by Gasteiger charge is 2.28. The van der Waals surface area contributed by atoms with E-state index in [-0.39, 0.29) is 12.7 Å². The van der Waals surface area contributed by atoms with Crippen molar-refractivity contribution in [3.8, 4) is 11.5 Å². The molecule has 2 aliphatic heterocycles. The predicted octanol–water partition coefficient (Wildman–Crippen LogP) is 3.89. The van der Waals surface area contributed by atoms with Crippen LogP contribution < -0.4 is 9.47 Å². The van der Waals surface area contributed by atoms with Gasteiger partial charge in [0.2, 0.25) is 6.79 Å². The number of nitrogens with one attached hydrogen (secondary N) is 1. The zero-order valence-electron chi connectivity index (χ0n) is 17.1. The van der Waals surface area contributed by atoms with E-state index >= 15 is 0 Å². The molecule has 0 aliphatic carbocycles. The molecule has 5 rings (SSSR count). The van der Waals surface area contributed by atoms with Crippen LogP contribution in [0.15, 0.2) is 48.7 Å². The number of ether oxygens (including phenoxy) is 3. The Morgan fingerprint density at radius 2 is 1.97 bits per heavy atom. The molecular formula is C24H22N2O5. The molecule has 3 aromatic rings. The van der Waals surface area contributed by atoms with Crippen molar-refractivity contribution in [3.05, 3.63) is 65.5 Å². The molecule has 2 aliphatic rings. The molecule has 0 bridgehead atoms. The highest BCUT2D eigenvalue weighted by Crippen LogP contribution is 2.34.